The molecule has 4 amide bonds. The van der Waals surface area contributed by atoms with Crippen molar-refractivity contribution in [2.24, 2.45) is 0 Å². The number of ether oxygens (including phenoxy) is 1. The smallest absolute Gasteiger partial charge is 0.408 e. The van der Waals surface area contributed by atoms with E-state index in [9.17, 15) is 19.2 Å². The second kappa shape index (κ2) is 8.23. The van der Waals surface area contributed by atoms with E-state index in [-0.39, 0.29) is 31.2 Å². The van der Waals surface area contributed by atoms with Gasteiger partial charge in [-0.05, 0) is 53.2 Å². The van der Waals surface area contributed by atoms with Gasteiger partial charge in [0.1, 0.15) is 17.3 Å². The van der Waals surface area contributed by atoms with Crippen LogP contribution in [0, 0.1) is 0 Å². The monoisotopic (exact) mass is 468 g/mol. The van der Waals surface area contributed by atoms with Crippen LogP contribution in [-0.4, -0.2) is 55.4 Å². The zero-order chi connectivity index (χ0) is 24.8. The van der Waals surface area contributed by atoms with Gasteiger partial charge in [0.15, 0.2) is 0 Å². The first-order chi connectivity index (χ1) is 15.9. The molecule has 1 atom stereocenters. The summed E-state index contributed by atoms with van der Waals surface area (Å²) in [6, 6.07) is 4.56. The Morgan fingerprint density at radius 2 is 1.91 bits per heavy atom. The molecule has 2 aliphatic heterocycles. The summed E-state index contributed by atoms with van der Waals surface area (Å²) < 4.78 is 6.89. The summed E-state index contributed by atoms with van der Waals surface area (Å²) in [6.07, 6.45) is 1.59. The third-order valence-corrected chi connectivity index (χ3v) is 5.75. The van der Waals surface area contributed by atoms with Crippen molar-refractivity contribution in [3.63, 3.8) is 0 Å². The van der Waals surface area contributed by atoms with Gasteiger partial charge in [0, 0.05) is 24.1 Å². The number of piperidine rings is 1. The number of rotatable bonds is 4. The van der Waals surface area contributed by atoms with Crippen LogP contribution in [0.2, 0.25) is 0 Å². The van der Waals surface area contributed by atoms with Crippen LogP contribution in [-0.2, 0) is 26.4 Å². The number of hydrogen-bond donors (Lipinski definition) is 2. The van der Waals surface area contributed by atoms with E-state index in [1.54, 1.807) is 57.6 Å². The van der Waals surface area contributed by atoms with Gasteiger partial charge in [-0.2, -0.15) is 0 Å². The maximum absolute atomic E-state index is 13.1. The summed E-state index contributed by atoms with van der Waals surface area (Å²) in [4.78, 5) is 50.6. The van der Waals surface area contributed by atoms with E-state index in [1.807, 2.05) is 6.07 Å². The SMILES string of the molecule is CC(C)(C)OC(=O)NC(C)(C)c1cn(-c2cccc3c2CN(C2CCC(=O)NC2=O)C3=O)nn1. The number of amides is 4. The summed E-state index contributed by atoms with van der Waals surface area (Å²) in [5.41, 5.74) is 0.836. The Balaban J connectivity index is 1.57. The number of alkyl carbamates (subject to hydrolysis) is 1. The van der Waals surface area contributed by atoms with Crippen LogP contribution in [0.5, 0.6) is 0 Å². The molecule has 1 aromatic heterocycles. The molecule has 0 spiro atoms. The summed E-state index contributed by atoms with van der Waals surface area (Å²) in [5.74, 6) is -1.06. The van der Waals surface area contributed by atoms with E-state index in [1.165, 1.54) is 4.90 Å². The lowest BCUT2D eigenvalue weighted by Crippen LogP contribution is -2.52. The molecule has 4 rings (SSSR count). The largest absolute Gasteiger partial charge is 0.444 e. The lowest BCUT2D eigenvalue weighted by molar-refractivity contribution is -0.136. The first-order valence-corrected chi connectivity index (χ1v) is 11.1. The number of fused-ring (bicyclic) bond motifs is 1. The molecule has 11 nitrogen and oxygen atoms in total. The maximum Gasteiger partial charge on any atom is 0.408 e. The van der Waals surface area contributed by atoms with Crippen molar-refractivity contribution in [3.8, 4) is 5.69 Å². The number of imide groups is 1. The average molecular weight is 469 g/mol. The van der Waals surface area contributed by atoms with Crippen molar-refractivity contribution in [1.82, 2.24) is 30.5 Å². The maximum atomic E-state index is 13.1. The minimum atomic E-state index is -0.868. The van der Waals surface area contributed by atoms with Crippen molar-refractivity contribution in [3.05, 3.63) is 41.2 Å². The lowest BCUT2D eigenvalue weighted by Gasteiger charge is -2.29. The van der Waals surface area contributed by atoms with Gasteiger partial charge in [-0.3, -0.25) is 19.7 Å². The third kappa shape index (κ3) is 4.50. The molecule has 0 bridgehead atoms. The number of hydrogen-bond acceptors (Lipinski definition) is 7. The van der Waals surface area contributed by atoms with Crippen LogP contribution in [0.15, 0.2) is 24.4 Å². The second-order valence-corrected chi connectivity index (χ2v) is 10.0. The minimum absolute atomic E-state index is 0.190. The fourth-order valence-electron chi connectivity index (χ4n) is 4.07. The van der Waals surface area contributed by atoms with E-state index < -0.39 is 29.2 Å². The molecule has 1 unspecified atom stereocenters. The van der Waals surface area contributed by atoms with Crippen molar-refractivity contribution in [2.75, 3.05) is 0 Å². The molecular weight excluding hydrogens is 440 g/mol. The van der Waals surface area contributed by atoms with Crippen molar-refractivity contribution >= 4 is 23.8 Å². The van der Waals surface area contributed by atoms with Gasteiger partial charge < -0.3 is 15.0 Å². The van der Waals surface area contributed by atoms with Crippen LogP contribution in [0.3, 0.4) is 0 Å². The van der Waals surface area contributed by atoms with E-state index in [0.29, 0.717) is 22.5 Å². The molecule has 1 saturated heterocycles. The molecular formula is C23H28N6O5. The van der Waals surface area contributed by atoms with Crippen LogP contribution < -0.4 is 10.6 Å². The predicted molar refractivity (Wildman–Crippen MR) is 120 cm³/mol. The van der Waals surface area contributed by atoms with E-state index >= 15 is 0 Å². The lowest BCUT2D eigenvalue weighted by atomic mass is 10.0. The van der Waals surface area contributed by atoms with Crippen molar-refractivity contribution in [1.29, 1.82) is 0 Å². The Kier molecular flexibility index (Phi) is 5.66. The Labute approximate surface area is 196 Å². The summed E-state index contributed by atoms with van der Waals surface area (Å²) >= 11 is 0. The fourth-order valence-corrected chi connectivity index (χ4v) is 4.07. The van der Waals surface area contributed by atoms with Gasteiger partial charge in [-0.25, -0.2) is 9.48 Å². The highest BCUT2D eigenvalue weighted by Gasteiger charge is 2.40. The van der Waals surface area contributed by atoms with Gasteiger partial charge in [0.05, 0.1) is 17.4 Å². The Bertz CT molecular complexity index is 1180. The number of nitrogens with one attached hydrogen (secondary N) is 2. The van der Waals surface area contributed by atoms with Gasteiger partial charge in [0.2, 0.25) is 11.8 Å². The number of carbonyl (C=O) groups is 4. The first-order valence-electron chi connectivity index (χ1n) is 11.1. The number of benzene rings is 1. The Morgan fingerprint density at radius 3 is 2.59 bits per heavy atom. The molecule has 0 aliphatic carbocycles. The molecule has 1 aromatic carbocycles. The van der Waals surface area contributed by atoms with Gasteiger partial charge in [-0.15, -0.1) is 5.10 Å². The highest BCUT2D eigenvalue weighted by molar-refractivity contribution is 6.05. The van der Waals surface area contributed by atoms with E-state index in [4.69, 9.17) is 4.74 Å². The zero-order valence-corrected chi connectivity index (χ0v) is 19.8. The molecule has 2 N–H and O–H groups in total. The normalized spacial score (nSPS) is 18.6. The first kappa shape index (κ1) is 23.4. The van der Waals surface area contributed by atoms with Crippen LogP contribution in [0.1, 0.15) is 69.1 Å². The number of carbonyl (C=O) groups excluding carboxylic acids is 4. The highest BCUT2D eigenvalue weighted by Crippen LogP contribution is 2.31. The molecule has 34 heavy (non-hydrogen) atoms. The van der Waals surface area contributed by atoms with Crippen LogP contribution in [0.4, 0.5) is 4.79 Å². The van der Waals surface area contributed by atoms with Crippen molar-refractivity contribution < 1.29 is 23.9 Å². The Morgan fingerprint density at radius 1 is 1.18 bits per heavy atom. The molecule has 0 radical (unpaired) electrons. The van der Waals surface area contributed by atoms with Crippen molar-refractivity contribution in [2.45, 2.75) is 71.2 Å². The quantitative estimate of drug-likeness (QED) is 0.653. The summed E-state index contributed by atoms with van der Waals surface area (Å²) in [5, 5.41) is 13.6. The van der Waals surface area contributed by atoms with E-state index in [0.717, 1.165) is 0 Å². The van der Waals surface area contributed by atoms with Crippen LogP contribution in [0.25, 0.3) is 5.69 Å². The third-order valence-electron chi connectivity index (χ3n) is 5.75. The predicted octanol–water partition coefficient (Wildman–Crippen LogP) is 1.79. The zero-order valence-electron chi connectivity index (χ0n) is 19.8. The number of nitrogens with zero attached hydrogens (tertiary/aromatic N) is 4. The topological polar surface area (TPSA) is 136 Å². The Hall–Kier alpha value is -3.76. The summed E-state index contributed by atoms with van der Waals surface area (Å²) in [6.45, 7) is 9.14. The van der Waals surface area contributed by atoms with Gasteiger partial charge in [0.25, 0.3) is 5.91 Å². The number of aromatic nitrogens is 3. The van der Waals surface area contributed by atoms with E-state index in [2.05, 4.69) is 20.9 Å². The van der Waals surface area contributed by atoms with Gasteiger partial charge in [-0.1, -0.05) is 11.3 Å². The molecule has 1 fully saturated rings. The molecule has 2 aromatic rings. The summed E-state index contributed by atoms with van der Waals surface area (Å²) in [7, 11) is 0. The standard InChI is InChI=1S/C23H28N6O5/c1-22(2,3)34-21(33)25-23(4,5)17-12-29(27-26-17)15-8-6-7-13-14(15)11-28(20(13)32)16-9-10-18(30)24-19(16)31/h6-8,12,16H,9-11H2,1-5H3,(H,25,33)(H,24,30,31). The van der Waals surface area contributed by atoms with Crippen LogP contribution >= 0.6 is 0 Å². The molecule has 3 heterocycles. The molecule has 2 aliphatic rings. The second-order valence-electron chi connectivity index (χ2n) is 10.0. The minimum Gasteiger partial charge on any atom is -0.444 e. The average Bonchev–Trinajstić information content (AvgIpc) is 3.32. The fraction of sp³-hybridized carbons (Fsp3) is 0.478. The highest BCUT2D eigenvalue weighted by atomic mass is 16.6. The van der Waals surface area contributed by atoms with Gasteiger partial charge >= 0.3 is 6.09 Å². The molecule has 0 saturated carbocycles. The molecule has 11 heteroatoms. The molecule has 180 valence electrons.